The second-order valence-electron chi connectivity index (χ2n) is 8.07. The Balaban J connectivity index is 1.49. The van der Waals surface area contributed by atoms with Crippen molar-refractivity contribution in [3.05, 3.63) is 59.2 Å². The lowest BCUT2D eigenvalue weighted by molar-refractivity contribution is -0.134. The number of likely N-dealkylation sites (tertiary alicyclic amines) is 1. The molecule has 4 rings (SSSR count). The maximum absolute atomic E-state index is 13.0. The van der Waals surface area contributed by atoms with E-state index in [0.717, 1.165) is 54.9 Å². The quantitative estimate of drug-likeness (QED) is 0.804. The molecule has 2 aliphatic rings. The van der Waals surface area contributed by atoms with Crippen molar-refractivity contribution < 1.29 is 9.59 Å². The van der Waals surface area contributed by atoms with Gasteiger partial charge < -0.3 is 9.80 Å². The number of hydrogen-bond acceptors (Lipinski definition) is 4. The molecule has 1 aromatic heterocycles. The van der Waals surface area contributed by atoms with Gasteiger partial charge >= 0.3 is 0 Å². The Labute approximate surface area is 172 Å². The Hall–Kier alpha value is -2.76. The van der Waals surface area contributed by atoms with Gasteiger partial charge in [-0.3, -0.25) is 9.59 Å². The molecule has 0 spiro atoms. The number of carbonyl (C=O) groups excluding carboxylic acids is 2. The molecule has 0 unspecified atom stereocenters. The van der Waals surface area contributed by atoms with Gasteiger partial charge in [0.2, 0.25) is 11.8 Å². The third-order valence-corrected chi connectivity index (χ3v) is 6.14. The van der Waals surface area contributed by atoms with Crippen LogP contribution in [0.2, 0.25) is 0 Å². The van der Waals surface area contributed by atoms with Crippen LogP contribution in [0.15, 0.2) is 36.5 Å². The second kappa shape index (κ2) is 8.31. The topological polar surface area (TPSA) is 66.4 Å². The predicted octanol–water partition coefficient (Wildman–Crippen LogP) is 3.24. The van der Waals surface area contributed by atoms with E-state index in [9.17, 15) is 9.59 Å². The number of aromatic nitrogens is 2. The number of benzene rings is 1. The first-order valence-corrected chi connectivity index (χ1v) is 10.5. The van der Waals surface area contributed by atoms with E-state index < -0.39 is 0 Å². The summed E-state index contributed by atoms with van der Waals surface area (Å²) in [6.07, 6.45) is 5.63. The van der Waals surface area contributed by atoms with E-state index in [1.807, 2.05) is 53.3 Å². The van der Waals surface area contributed by atoms with Crippen LogP contribution in [-0.2, 0) is 22.6 Å². The van der Waals surface area contributed by atoms with Gasteiger partial charge in [-0.15, -0.1) is 0 Å². The van der Waals surface area contributed by atoms with Crippen molar-refractivity contribution in [1.29, 1.82) is 0 Å². The van der Waals surface area contributed by atoms with Crippen molar-refractivity contribution in [2.24, 2.45) is 0 Å². The molecule has 0 radical (unpaired) electrons. The molecule has 1 saturated heterocycles. The molecule has 0 saturated carbocycles. The van der Waals surface area contributed by atoms with E-state index in [2.05, 4.69) is 4.98 Å². The first-order chi connectivity index (χ1) is 14.0. The molecular formula is C23H28N4O2. The van der Waals surface area contributed by atoms with Crippen LogP contribution in [0.5, 0.6) is 0 Å². The van der Waals surface area contributed by atoms with Gasteiger partial charge in [-0.1, -0.05) is 30.3 Å². The maximum atomic E-state index is 13.0. The summed E-state index contributed by atoms with van der Waals surface area (Å²) in [5.74, 6) is 0.809. The van der Waals surface area contributed by atoms with Crippen molar-refractivity contribution >= 4 is 11.8 Å². The summed E-state index contributed by atoms with van der Waals surface area (Å²) < 4.78 is 0. The van der Waals surface area contributed by atoms with Crippen LogP contribution < -0.4 is 0 Å². The van der Waals surface area contributed by atoms with Crippen LogP contribution in [0.1, 0.15) is 67.7 Å². The molecule has 152 valence electrons. The molecule has 2 aliphatic heterocycles. The number of fused-ring (bicyclic) bond motifs is 1. The standard InChI is InChI=1S/C23H28N4O2/c1-16(18-8-4-3-5-9-18)23(29)26-13-11-20-19(15-26)14-24-22(25-20)21-10-6-7-12-27(21)17(2)28/h3-5,8-9,14,16,21H,6-7,10-13,15H2,1-2H3/t16-,21+/m1/s1. The third kappa shape index (κ3) is 4.02. The van der Waals surface area contributed by atoms with E-state index in [-0.39, 0.29) is 23.8 Å². The number of amides is 2. The SMILES string of the molecule is CC(=O)N1CCCC[C@H]1c1ncc2c(n1)CCN(C(=O)[C@H](C)c1ccccc1)C2. The third-order valence-electron chi connectivity index (χ3n) is 6.14. The molecule has 2 atom stereocenters. The molecular weight excluding hydrogens is 364 g/mol. The molecule has 0 aliphatic carbocycles. The number of rotatable bonds is 3. The monoisotopic (exact) mass is 392 g/mol. The Kier molecular flexibility index (Phi) is 5.60. The van der Waals surface area contributed by atoms with Crippen molar-refractivity contribution in [2.75, 3.05) is 13.1 Å². The average molecular weight is 393 g/mol. The van der Waals surface area contributed by atoms with Crippen LogP contribution in [0.4, 0.5) is 0 Å². The normalized spacial score (nSPS) is 20.1. The molecule has 0 N–H and O–H groups in total. The van der Waals surface area contributed by atoms with Gasteiger partial charge in [0.25, 0.3) is 0 Å². The highest BCUT2D eigenvalue weighted by molar-refractivity contribution is 5.83. The minimum absolute atomic E-state index is 0.0238. The smallest absolute Gasteiger partial charge is 0.230 e. The Bertz CT molecular complexity index is 899. The number of hydrogen-bond donors (Lipinski definition) is 0. The zero-order valence-electron chi connectivity index (χ0n) is 17.2. The van der Waals surface area contributed by atoms with Crippen LogP contribution >= 0.6 is 0 Å². The second-order valence-corrected chi connectivity index (χ2v) is 8.07. The fourth-order valence-corrected chi connectivity index (χ4v) is 4.42. The number of carbonyl (C=O) groups is 2. The largest absolute Gasteiger partial charge is 0.337 e. The summed E-state index contributed by atoms with van der Waals surface area (Å²) in [4.78, 5) is 38.2. The Morgan fingerprint density at radius 2 is 1.93 bits per heavy atom. The lowest BCUT2D eigenvalue weighted by atomic mass is 9.97. The molecule has 1 fully saturated rings. The molecule has 3 heterocycles. The van der Waals surface area contributed by atoms with E-state index in [1.165, 1.54) is 0 Å². The molecule has 2 amide bonds. The summed E-state index contributed by atoms with van der Waals surface area (Å²) in [7, 11) is 0. The lowest BCUT2D eigenvalue weighted by Crippen LogP contribution is -2.40. The van der Waals surface area contributed by atoms with E-state index >= 15 is 0 Å². The van der Waals surface area contributed by atoms with Crippen LogP contribution in [-0.4, -0.2) is 44.7 Å². The Morgan fingerprint density at radius 1 is 1.14 bits per heavy atom. The highest BCUT2D eigenvalue weighted by atomic mass is 16.2. The zero-order valence-corrected chi connectivity index (χ0v) is 17.2. The van der Waals surface area contributed by atoms with Gasteiger partial charge in [-0.2, -0.15) is 0 Å². The van der Waals surface area contributed by atoms with Crippen LogP contribution in [0, 0.1) is 0 Å². The molecule has 6 heteroatoms. The lowest BCUT2D eigenvalue weighted by Gasteiger charge is -2.35. The van der Waals surface area contributed by atoms with Crippen LogP contribution in [0.3, 0.4) is 0 Å². The van der Waals surface area contributed by atoms with Gasteiger partial charge in [-0.25, -0.2) is 9.97 Å². The summed E-state index contributed by atoms with van der Waals surface area (Å²) in [6, 6.07) is 9.88. The van der Waals surface area contributed by atoms with Crippen molar-refractivity contribution in [3.63, 3.8) is 0 Å². The number of piperidine rings is 1. The van der Waals surface area contributed by atoms with Gasteiger partial charge in [0.15, 0.2) is 5.82 Å². The van der Waals surface area contributed by atoms with Gasteiger partial charge in [0, 0.05) is 44.7 Å². The summed E-state index contributed by atoms with van der Waals surface area (Å²) in [5.41, 5.74) is 3.07. The Morgan fingerprint density at radius 3 is 2.69 bits per heavy atom. The van der Waals surface area contributed by atoms with E-state index in [0.29, 0.717) is 13.1 Å². The van der Waals surface area contributed by atoms with Crippen LogP contribution in [0.25, 0.3) is 0 Å². The van der Waals surface area contributed by atoms with Gasteiger partial charge in [0.05, 0.1) is 17.7 Å². The fraction of sp³-hybridized carbons (Fsp3) is 0.478. The van der Waals surface area contributed by atoms with E-state index in [4.69, 9.17) is 4.98 Å². The highest BCUT2D eigenvalue weighted by Gasteiger charge is 2.30. The summed E-state index contributed by atoms with van der Waals surface area (Å²) in [6.45, 7) is 5.58. The summed E-state index contributed by atoms with van der Waals surface area (Å²) >= 11 is 0. The maximum Gasteiger partial charge on any atom is 0.230 e. The van der Waals surface area contributed by atoms with E-state index in [1.54, 1.807) is 6.92 Å². The molecule has 0 bridgehead atoms. The molecule has 29 heavy (non-hydrogen) atoms. The predicted molar refractivity (Wildman–Crippen MR) is 110 cm³/mol. The highest BCUT2D eigenvalue weighted by Crippen LogP contribution is 2.30. The molecule has 1 aromatic carbocycles. The van der Waals surface area contributed by atoms with Crippen molar-refractivity contribution in [2.45, 2.75) is 58.0 Å². The van der Waals surface area contributed by atoms with Gasteiger partial charge in [0.1, 0.15) is 0 Å². The van der Waals surface area contributed by atoms with Crippen molar-refractivity contribution in [3.8, 4) is 0 Å². The number of nitrogens with zero attached hydrogens (tertiary/aromatic N) is 4. The minimum atomic E-state index is -0.163. The minimum Gasteiger partial charge on any atom is -0.337 e. The van der Waals surface area contributed by atoms with Gasteiger partial charge in [-0.05, 0) is 31.7 Å². The zero-order chi connectivity index (χ0) is 20.4. The average Bonchev–Trinajstić information content (AvgIpc) is 2.78. The molecule has 2 aromatic rings. The molecule has 6 nitrogen and oxygen atoms in total. The first kappa shape index (κ1) is 19.6. The summed E-state index contributed by atoms with van der Waals surface area (Å²) in [5, 5.41) is 0. The fourth-order valence-electron chi connectivity index (χ4n) is 4.42. The first-order valence-electron chi connectivity index (χ1n) is 10.5. The van der Waals surface area contributed by atoms with Crippen molar-refractivity contribution in [1.82, 2.24) is 19.8 Å².